The Morgan fingerprint density at radius 3 is 2.36 bits per heavy atom. The fraction of sp³-hybridized carbons (Fsp3) is 0.0952. The minimum absolute atomic E-state index is 0.403. The number of hydrogen-bond acceptors (Lipinski definition) is 7. The summed E-state index contributed by atoms with van der Waals surface area (Å²) in [6.45, 7) is 1.90. The van der Waals surface area contributed by atoms with E-state index in [1.165, 1.54) is 18.2 Å². The van der Waals surface area contributed by atoms with Crippen LogP contribution in [0.2, 0.25) is 0 Å². The van der Waals surface area contributed by atoms with Gasteiger partial charge in [-0.05, 0) is 31.0 Å². The second-order valence-corrected chi connectivity index (χ2v) is 6.63. The number of anilines is 1. The molecule has 3 aromatic rings. The number of allylic oxidation sites excluding steroid dienone is 2. The van der Waals surface area contributed by atoms with E-state index in [2.05, 4.69) is 20.0 Å². The van der Waals surface area contributed by atoms with Gasteiger partial charge in [0.25, 0.3) is 0 Å². The molecule has 0 unspecified atom stereocenters. The van der Waals surface area contributed by atoms with Crippen molar-refractivity contribution in [3.8, 4) is 22.9 Å². The number of hydrogen-bond donors (Lipinski definition) is 3. The largest absolute Gasteiger partial charge is 0.439 e. The Kier molecular flexibility index (Phi) is 6.64. The Morgan fingerprint density at radius 1 is 1.04 bits per heavy atom. The Morgan fingerprint density at radius 2 is 1.71 bits per heavy atom. The molecule has 7 heteroatoms. The van der Waals surface area contributed by atoms with E-state index in [0.717, 1.165) is 21.9 Å². The second-order valence-electron chi connectivity index (χ2n) is 5.78. The van der Waals surface area contributed by atoms with Crippen LogP contribution in [-0.2, 0) is 0 Å². The summed E-state index contributed by atoms with van der Waals surface area (Å²) >= 11 is 1.27. The van der Waals surface area contributed by atoms with E-state index >= 15 is 0 Å². The molecular formula is C21H21N5OS. The minimum Gasteiger partial charge on any atom is -0.439 e. The van der Waals surface area contributed by atoms with Crippen molar-refractivity contribution in [3.63, 3.8) is 0 Å². The molecule has 1 aromatic heterocycles. The van der Waals surface area contributed by atoms with Gasteiger partial charge in [-0.1, -0.05) is 48.5 Å². The normalized spacial score (nSPS) is 11.4. The smallest absolute Gasteiger partial charge is 0.237 e. The van der Waals surface area contributed by atoms with Crippen molar-refractivity contribution in [2.75, 3.05) is 11.8 Å². The summed E-state index contributed by atoms with van der Waals surface area (Å²) in [4.78, 5) is 9.80. The summed E-state index contributed by atoms with van der Waals surface area (Å²) < 4.78 is 9.03. The third kappa shape index (κ3) is 5.11. The number of para-hydroxylation sites is 1. The molecule has 0 fully saturated rings. The lowest BCUT2D eigenvalue weighted by atomic mass is 10.1. The summed E-state index contributed by atoms with van der Waals surface area (Å²) in [6.07, 6.45) is 1.28. The van der Waals surface area contributed by atoms with Crippen LogP contribution >= 0.6 is 11.9 Å². The molecule has 0 aliphatic carbocycles. The molecule has 1 heterocycles. The van der Waals surface area contributed by atoms with Gasteiger partial charge in [-0.15, -0.1) is 0 Å². The molecule has 142 valence electrons. The fourth-order valence-electron chi connectivity index (χ4n) is 2.33. The van der Waals surface area contributed by atoms with Crippen LogP contribution in [-0.4, -0.2) is 23.2 Å². The van der Waals surface area contributed by atoms with Gasteiger partial charge < -0.3 is 15.5 Å². The topological polar surface area (TPSA) is 82.9 Å². The molecule has 6 nitrogen and oxygen atoms in total. The van der Waals surface area contributed by atoms with E-state index in [0.29, 0.717) is 17.6 Å². The van der Waals surface area contributed by atoms with Gasteiger partial charge in [0.1, 0.15) is 5.75 Å². The number of rotatable bonds is 8. The molecular weight excluding hydrogens is 370 g/mol. The Hall–Kier alpha value is -3.32. The minimum atomic E-state index is 0.403. The van der Waals surface area contributed by atoms with Crippen LogP contribution in [0.1, 0.15) is 6.92 Å². The fourth-order valence-corrected chi connectivity index (χ4v) is 2.93. The molecule has 2 aromatic carbocycles. The highest BCUT2D eigenvalue weighted by molar-refractivity contribution is 8.05. The first-order valence-electron chi connectivity index (χ1n) is 8.69. The van der Waals surface area contributed by atoms with Gasteiger partial charge in [0.05, 0.1) is 10.6 Å². The summed E-state index contributed by atoms with van der Waals surface area (Å²) in [5.41, 5.74) is 2.59. The lowest BCUT2D eigenvalue weighted by Gasteiger charge is -2.11. The summed E-state index contributed by atoms with van der Waals surface area (Å²) in [5, 5.41) is 10.6. The maximum absolute atomic E-state index is 7.58. The van der Waals surface area contributed by atoms with E-state index in [4.69, 9.17) is 10.1 Å². The maximum atomic E-state index is 7.58. The average Bonchev–Trinajstić information content (AvgIpc) is 2.75. The third-order valence-electron chi connectivity index (χ3n) is 3.87. The quantitative estimate of drug-likeness (QED) is 0.366. The molecule has 0 saturated heterocycles. The summed E-state index contributed by atoms with van der Waals surface area (Å²) in [6, 6.07) is 21.2. The molecule has 3 rings (SSSR count). The van der Waals surface area contributed by atoms with Gasteiger partial charge in [0.2, 0.25) is 11.8 Å². The number of aromatic nitrogens is 2. The first kappa shape index (κ1) is 19.4. The zero-order valence-corrected chi connectivity index (χ0v) is 16.5. The average molecular weight is 392 g/mol. The van der Waals surface area contributed by atoms with E-state index in [9.17, 15) is 0 Å². The van der Waals surface area contributed by atoms with E-state index in [1.54, 1.807) is 0 Å². The van der Waals surface area contributed by atoms with Crippen molar-refractivity contribution in [1.82, 2.24) is 15.3 Å². The monoisotopic (exact) mass is 391 g/mol. The molecule has 0 aliphatic heterocycles. The molecule has 0 amide bonds. The first-order chi connectivity index (χ1) is 13.7. The molecule has 0 aliphatic rings. The molecule has 0 bridgehead atoms. The van der Waals surface area contributed by atoms with Gasteiger partial charge in [-0.25, -0.2) is 4.98 Å². The highest BCUT2D eigenvalue weighted by atomic mass is 32.2. The van der Waals surface area contributed by atoms with Crippen LogP contribution < -0.4 is 14.8 Å². The zero-order chi connectivity index (χ0) is 19.8. The number of nitrogens with zero attached hydrogens (tertiary/aromatic N) is 2. The molecule has 0 atom stereocenters. The van der Waals surface area contributed by atoms with Crippen LogP contribution in [0.15, 0.2) is 77.3 Å². The van der Waals surface area contributed by atoms with Crippen molar-refractivity contribution in [2.45, 2.75) is 6.92 Å². The van der Waals surface area contributed by atoms with E-state index in [1.807, 2.05) is 80.7 Å². The zero-order valence-electron chi connectivity index (χ0n) is 15.6. The van der Waals surface area contributed by atoms with Crippen LogP contribution in [0.4, 0.5) is 5.95 Å². The number of nitrogens with one attached hydrogen (secondary N) is 3. The van der Waals surface area contributed by atoms with Crippen molar-refractivity contribution >= 4 is 24.1 Å². The van der Waals surface area contributed by atoms with Gasteiger partial charge >= 0.3 is 0 Å². The lowest BCUT2D eigenvalue weighted by molar-refractivity contribution is 0.463. The summed E-state index contributed by atoms with van der Waals surface area (Å²) in [5.74, 6) is 1.54. The van der Waals surface area contributed by atoms with E-state index < -0.39 is 0 Å². The van der Waals surface area contributed by atoms with Crippen LogP contribution in [0.3, 0.4) is 0 Å². The van der Waals surface area contributed by atoms with Crippen LogP contribution in [0.25, 0.3) is 11.3 Å². The van der Waals surface area contributed by atoms with Crippen molar-refractivity contribution < 1.29 is 4.74 Å². The third-order valence-corrected chi connectivity index (χ3v) is 4.79. The summed E-state index contributed by atoms with van der Waals surface area (Å²) in [7, 11) is 1.82. The Labute approximate surface area is 168 Å². The highest BCUT2D eigenvalue weighted by Crippen LogP contribution is 2.27. The molecule has 0 saturated carbocycles. The molecule has 0 spiro atoms. The highest BCUT2D eigenvalue weighted by Gasteiger charge is 2.10. The number of ether oxygens (including phenoxy) is 1. The van der Waals surface area contributed by atoms with Gasteiger partial charge in [-0.3, -0.25) is 4.72 Å². The van der Waals surface area contributed by atoms with Crippen LogP contribution in [0, 0.1) is 5.41 Å². The predicted molar refractivity (Wildman–Crippen MR) is 116 cm³/mol. The molecule has 28 heavy (non-hydrogen) atoms. The second kappa shape index (κ2) is 9.57. The van der Waals surface area contributed by atoms with Gasteiger partial charge in [0, 0.05) is 30.6 Å². The van der Waals surface area contributed by atoms with Crippen molar-refractivity contribution in [1.29, 1.82) is 5.41 Å². The lowest BCUT2D eigenvalue weighted by Crippen LogP contribution is -2.07. The van der Waals surface area contributed by atoms with Gasteiger partial charge in [-0.2, -0.15) is 4.98 Å². The van der Waals surface area contributed by atoms with Gasteiger partial charge in [0.15, 0.2) is 0 Å². The molecule has 0 radical (unpaired) electrons. The maximum Gasteiger partial charge on any atom is 0.237 e. The van der Waals surface area contributed by atoms with Crippen LogP contribution in [0.5, 0.6) is 11.6 Å². The number of benzene rings is 2. The Bertz CT molecular complexity index is 961. The van der Waals surface area contributed by atoms with Crippen molar-refractivity contribution in [3.05, 3.63) is 77.3 Å². The first-order valence-corrected chi connectivity index (χ1v) is 9.50. The van der Waals surface area contributed by atoms with E-state index in [-0.39, 0.29) is 0 Å². The Balaban J connectivity index is 1.92. The van der Waals surface area contributed by atoms with Crippen molar-refractivity contribution in [2.24, 2.45) is 0 Å². The predicted octanol–water partition coefficient (Wildman–Crippen LogP) is 5.10. The SMILES string of the molecule is CN/C(C)=C(\C=N)SNc1nc(Oc2ccccc2)cc(-c2ccccc2)n1. The molecule has 3 N–H and O–H groups in total. The standard InChI is InChI=1S/C21H21N5OS/c1-15(23-2)19(14-22)28-26-21-24-18(16-9-5-3-6-10-16)13-20(25-21)27-17-11-7-4-8-12-17/h3-14,22-23H,1-2H3,(H,24,25,26)/b19-15+,22-14?.